The van der Waals surface area contributed by atoms with Crippen molar-refractivity contribution in [3.8, 4) is 11.1 Å². The Morgan fingerprint density at radius 2 is 1.52 bits per heavy atom. The highest BCUT2D eigenvalue weighted by molar-refractivity contribution is 6.30. The van der Waals surface area contributed by atoms with E-state index < -0.39 is 12.0 Å². The second kappa shape index (κ2) is 27.9. The Hall–Kier alpha value is -6.34. The minimum Gasteiger partial charge on any atom is -0.387 e. The van der Waals surface area contributed by atoms with Crippen molar-refractivity contribution >= 4 is 46.7 Å². The standard InChI is InChI=1S/C62H81ClN12O5/c1-5-45-9-7-11-49(33-45)50-34-55(69-57(77)38-64-36-47-10-6-8-44(4)32-47)54(66-37-50)35-59(79)72-21-18-46(19-22-72)39-70-24-26-71(27-25-70)41-58(78)65-20-23-75(43(2)3)40-53(48-12-14-51(63)15-13-48)62(80)74-30-28-73(29-31-74)61-52-16-17-56(76)60(52)67-42-68-61/h6-15,32-34,37,42-43,46,53,56,64,76H,5,16-31,35-36,38-41H2,1-4H3,(H,65,78)(H,69,77)/t53-,56-/m1/s1. The number of nitrogens with zero attached hydrogens (tertiary/aromatic N) is 9. The molecule has 4 amide bonds. The van der Waals surface area contributed by atoms with Crippen molar-refractivity contribution in [3.05, 3.63) is 136 Å². The largest absolute Gasteiger partial charge is 0.387 e. The molecule has 3 fully saturated rings. The zero-order valence-electron chi connectivity index (χ0n) is 47.2. The number of rotatable bonds is 22. The number of benzene rings is 3. The zero-order valence-corrected chi connectivity index (χ0v) is 48.0. The van der Waals surface area contributed by atoms with E-state index in [-0.39, 0.29) is 42.6 Å². The van der Waals surface area contributed by atoms with Crippen LogP contribution in [0.3, 0.4) is 0 Å². The summed E-state index contributed by atoms with van der Waals surface area (Å²) in [6.45, 7) is 19.2. The number of halogens is 1. The van der Waals surface area contributed by atoms with Crippen molar-refractivity contribution in [2.24, 2.45) is 5.92 Å². The molecule has 18 heteroatoms. The van der Waals surface area contributed by atoms with Gasteiger partial charge in [-0.1, -0.05) is 84.8 Å². The Morgan fingerprint density at radius 1 is 0.787 bits per heavy atom. The average molecular weight is 1110 g/mol. The highest BCUT2D eigenvalue weighted by Gasteiger charge is 2.34. The first-order valence-corrected chi connectivity index (χ1v) is 29.3. The van der Waals surface area contributed by atoms with Crippen LogP contribution in [0.5, 0.6) is 0 Å². The van der Waals surface area contributed by atoms with Crippen LogP contribution in [0.4, 0.5) is 11.5 Å². The fourth-order valence-electron chi connectivity index (χ4n) is 11.7. The van der Waals surface area contributed by atoms with E-state index in [1.165, 1.54) is 17.5 Å². The lowest BCUT2D eigenvalue weighted by molar-refractivity contribution is -0.134. The number of likely N-dealkylation sites (tertiary alicyclic amines) is 1. The van der Waals surface area contributed by atoms with Crippen LogP contribution >= 0.6 is 11.6 Å². The number of aliphatic hydroxyl groups is 1. The minimum atomic E-state index is -0.552. The van der Waals surface area contributed by atoms with Gasteiger partial charge in [0, 0.05) is 127 Å². The highest BCUT2D eigenvalue weighted by atomic mass is 35.5. The minimum absolute atomic E-state index is 0.000430. The Balaban J connectivity index is 0.703. The van der Waals surface area contributed by atoms with E-state index in [0.717, 1.165) is 97.7 Å². The summed E-state index contributed by atoms with van der Waals surface area (Å²) >= 11 is 6.32. The smallest absolute Gasteiger partial charge is 0.238 e. The summed E-state index contributed by atoms with van der Waals surface area (Å²) in [6, 6.07) is 26.2. The molecule has 0 spiro atoms. The van der Waals surface area contributed by atoms with Gasteiger partial charge in [0.2, 0.25) is 23.6 Å². The molecule has 80 heavy (non-hydrogen) atoms. The van der Waals surface area contributed by atoms with Gasteiger partial charge in [-0.3, -0.25) is 34.0 Å². The summed E-state index contributed by atoms with van der Waals surface area (Å²) in [6.07, 6.45) is 7.03. The molecule has 5 aromatic rings. The number of aryl methyl sites for hydroxylation is 2. The monoisotopic (exact) mass is 1110 g/mol. The molecule has 0 radical (unpaired) electrons. The number of carbonyl (C=O) groups excluding carboxylic acids is 4. The van der Waals surface area contributed by atoms with E-state index in [1.54, 1.807) is 6.20 Å². The third-order valence-electron chi connectivity index (χ3n) is 16.5. The lowest BCUT2D eigenvalue weighted by Gasteiger charge is -2.39. The van der Waals surface area contributed by atoms with E-state index in [4.69, 9.17) is 16.6 Å². The molecule has 17 nitrogen and oxygen atoms in total. The molecule has 426 valence electrons. The predicted molar refractivity (Wildman–Crippen MR) is 314 cm³/mol. The van der Waals surface area contributed by atoms with Crippen molar-refractivity contribution < 1.29 is 24.3 Å². The Kier molecular flexibility index (Phi) is 20.3. The summed E-state index contributed by atoms with van der Waals surface area (Å²) in [5.41, 5.74) is 9.15. The zero-order chi connectivity index (χ0) is 56.1. The van der Waals surface area contributed by atoms with Crippen LogP contribution in [-0.4, -0.2) is 179 Å². The number of fused-ring (bicyclic) bond motifs is 1. The molecule has 0 saturated carbocycles. The van der Waals surface area contributed by atoms with Gasteiger partial charge >= 0.3 is 0 Å². The van der Waals surface area contributed by atoms with Crippen molar-refractivity contribution in [3.63, 3.8) is 0 Å². The molecule has 2 aromatic heterocycles. The topological polar surface area (TPSA) is 183 Å². The molecule has 3 aromatic carbocycles. The molecule has 4 aliphatic rings. The molecule has 0 unspecified atom stereocenters. The number of aliphatic hydroxyl groups excluding tert-OH is 1. The summed E-state index contributed by atoms with van der Waals surface area (Å²) in [7, 11) is 0. The van der Waals surface area contributed by atoms with Crippen LogP contribution in [0, 0.1) is 12.8 Å². The lowest BCUT2D eigenvalue weighted by atomic mass is 9.95. The molecule has 5 heterocycles. The quantitative estimate of drug-likeness (QED) is 0.0622. The van der Waals surface area contributed by atoms with Crippen LogP contribution in [0.15, 0.2) is 91.4 Å². The maximum absolute atomic E-state index is 14.5. The Bertz CT molecular complexity index is 2900. The van der Waals surface area contributed by atoms with Gasteiger partial charge < -0.3 is 40.7 Å². The summed E-state index contributed by atoms with van der Waals surface area (Å²) in [5, 5.41) is 20.5. The fraction of sp³-hybridized carbons (Fsp3) is 0.500. The van der Waals surface area contributed by atoms with Crippen LogP contribution in [-0.2, 0) is 45.0 Å². The maximum Gasteiger partial charge on any atom is 0.238 e. The summed E-state index contributed by atoms with van der Waals surface area (Å²) in [4.78, 5) is 81.9. The first-order chi connectivity index (χ1) is 38.8. The summed E-state index contributed by atoms with van der Waals surface area (Å²) < 4.78 is 0. The van der Waals surface area contributed by atoms with Gasteiger partial charge in [-0.05, 0) is 99.2 Å². The lowest BCUT2D eigenvalue weighted by Crippen LogP contribution is -2.52. The van der Waals surface area contributed by atoms with Gasteiger partial charge in [0.15, 0.2) is 0 Å². The fourth-order valence-corrected chi connectivity index (χ4v) is 11.9. The number of pyridine rings is 1. The van der Waals surface area contributed by atoms with Crippen molar-refractivity contribution in [1.29, 1.82) is 0 Å². The number of aromatic nitrogens is 3. The third-order valence-corrected chi connectivity index (χ3v) is 16.8. The average Bonchev–Trinajstić information content (AvgIpc) is 4.04. The van der Waals surface area contributed by atoms with Crippen molar-refractivity contribution in [2.75, 3.05) is 115 Å². The number of hydrogen-bond acceptors (Lipinski definition) is 13. The number of nitrogens with one attached hydrogen (secondary N) is 3. The molecule has 4 N–H and O–H groups in total. The number of amides is 4. The number of hydrogen-bond donors (Lipinski definition) is 4. The second-order valence-electron chi connectivity index (χ2n) is 22.5. The van der Waals surface area contributed by atoms with Gasteiger partial charge in [0.25, 0.3) is 0 Å². The normalized spacial score (nSPS) is 17.7. The maximum atomic E-state index is 14.5. The second-order valence-corrected chi connectivity index (χ2v) is 22.9. The van der Waals surface area contributed by atoms with Crippen LogP contribution in [0.1, 0.15) is 91.3 Å². The molecule has 3 saturated heterocycles. The highest BCUT2D eigenvalue weighted by Crippen LogP contribution is 2.35. The predicted octanol–water partition coefficient (Wildman–Crippen LogP) is 6.13. The number of piperidine rings is 1. The van der Waals surface area contributed by atoms with Gasteiger partial charge in [-0.15, -0.1) is 0 Å². The Morgan fingerprint density at radius 3 is 2.26 bits per heavy atom. The van der Waals surface area contributed by atoms with Gasteiger partial charge in [-0.25, -0.2) is 9.97 Å². The number of carbonyl (C=O) groups is 4. The van der Waals surface area contributed by atoms with Gasteiger partial charge in [-0.2, -0.15) is 0 Å². The first-order valence-electron chi connectivity index (χ1n) is 29.0. The molecular weight excluding hydrogens is 1030 g/mol. The molecule has 9 rings (SSSR count). The summed E-state index contributed by atoms with van der Waals surface area (Å²) in [5.74, 6) is 0.816. The molecule has 1 aliphatic carbocycles. The molecule has 0 bridgehead atoms. The van der Waals surface area contributed by atoms with E-state index >= 15 is 0 Å². The number of anilines is 2. The van der Waals surface area contributed by atoms with Crippen LogP contribution < -0.4 is 20.9 Å². The van der Waals surface area contributed by atoms with Gasteiger partial charge in [0.1, 0.15) is 12.1 Å². The van der Waals surface area contributed by atoms with E-state index in [9.17, 15) is 24.3 Å². The van der Waals surface area contributed by atoms with Crippen LogP contribution in [0.25, 0.3) is 11.1 Å². The molecule has 2 atom stereocenters. The first kappa shape index (κ1) is 58.3. The number of piperazine rings is 2. The third kappa shape index (κ3) is 15.6. The molecule has 3 aliphatic heterocycles. The van der Waals surface area contributed by atoms with Gasteiger partial charge in [0.05, 0.1) is 48.6 Å². The van der Waals surface area contributed by atoms with E-state index in [0.29, 0.717) is 101 Å². The molecular formula is C62H81ClN12O5. The SMILES string of the molecule is CCc1cccc(-c2cnc(CC(=O)N3CCC(CN4CCN(CC(=O)NCCN(C[C@@H](C(=O)N5CCN(c6ncnc7c6CC[C@H]7O)CC5)c5ccc(Cl)cc5)C(C)C)CC4)CC3)c(NC(=O)CNCc3cccc(C)c3)c2)c1. The van der Waals surface area contributed by atoms with Crippen molar-refractivity contribution in [1.82, 2.24) is 50.1 Å². The van der Waals surface area contributed by atoms with E-state index in [1.807, 2.05) is 64.4 Å². The van der Waals surface area contributed by atoms with Crippen molar-refractivity contribution in [2.45, 2.75) is 90.8 Å². The van der Waals surface area contributed by atoms with Crippen LogP contribution in [0.2, 0.25) is 5.02 Å². The van der Waals surface area contributed by atoms with E-state index in [2.05, 4.69) is 97.5 Å². The Labute approximate surface area is 477 Å².